The van der Waals surface area contributed by atoms with Crippen molar-refractivity contribution in [2.24, 2.45) is 0 Å². The molecule has 0 atom stereocenters. The van der Waals surface area contributed by atoms with Crippen LogP contribution in [0.5, 0.6) is 0 Å². The number of anilines is 1. The molecule has 1 aliphatic heterocycles. The number of nitrogens with zero attached hydrogens (tertiary/aromatic N) is 3. The van der Waals surface area contributed by atoms with E-state index >= 15 is 0 Å². The standard InChI is InChI=1S/C14H14N4O2.C3H6.C2H6/c1-3-9(2)13-16-10-4-5-15-12(10)14(17-13)18-6-7-20-8-11(18)19;1-3-2;1-2/h3-5,15H,1-2,6-8H2;3H,1H2,2H3;1-2H3. The number of H-pyrrole nitrogens is 1. The maximum Gasteiger partial charge on any atom is 0.254 e. The van der Waals surface area contributed by atoms with Gasteiger partial charge in [0.1, 0.15) is 12.1 Å². The zero-order chi connectivity index (χ0) is 18.8. The van der Waals surface area contributed by atoms with Crippen LogP contribution in [0.3, 0.4) is 0 Å². The molecule has 1 N–H and O–H groups in total. The van der Waals surface area contributed by atoms with Crippen molar-refractivity contribution >= 4 is 28.3 Å². The summed E-state index contributed by atoms with van der Waals surface area (Å²) in [4.78, 5) is 25.5. The van der Waals surface area contributed by atoms with Gasteiger partial charge in [0.2, 0.25) is 0 Å². The van der Waals surface area contributed by atoms with Crippen LogP contribution < -0.4 is 4.90 Å². The molecule has 6 nitrogen and oxygen atoms in total. The summed E-state index contributed by atoms with van der Waals surface area (Å²) in [6, 6.07) is 1.84. The Hall–Kier alpha value is -2.73. The highest BCUT2D eigenvalue weighted by Gasteiger charge is 2.24. The number of amides is 1. The minimum atomic E-state index is -0.110. The third-order valence-corrected chi connectivity index (χ3v) is 3.16. The van der Waals surface area contributed by atoms with Crippen LogP contribution in [0.2, 0.25) is 0 Å². The normalized spacial score (nSPS) is 13.2. The highest BCUT2D eigenvalue weighted by molar-refractivity contribution is 6.01. The Morgan fingerprint density at radius 1 is 1.36 bits per heavy atom. The molecule has 1 fully saturated rings. The molecule has 134 valence electrons. The summed E-state index contributed by atoms with van der Waals surface area (Å²) in [6.45, 7) is 17.8. The van der Waals surface area contributed by atoms with Gasteiger partial charge in [-0.3, -0.25) is 9.69 Å². The number of allylic oxidation sites excluding steroid dienone is 3. The van der Waals surface area contributed by atoms with Crippen LogP contribution in [0.1, 0.15) is 26.6 Å². The van der Waals surface area contributed by atoms with Crippen LogP contribution in [-0.2, 0) is 9.53 Å². The number of hydrogen-bond acceptors (Lipinski definition) is 4. The summed E-state index contributed by atoms with van der Waals surface area (Å²) < 4.78 is 5.15. The summed E-state index contributed by atoms with van der Waals surface area (Å²) in [5, 5.41) is 0. The van der Waals surface area contributed by atoms with Crippen LogP contribution in [0, 0.1) is 0 Å². The second-order valence-corrected chi connectivity index (χ2v) is 4.84. The second-order valence-electron chi connectivity index (χ2n) is 4.84. The maximum absolute atomic E-state index is 12.0. The van der Waals surface area contributed by atoms with E-state index < -0.39 is 0 Å². The van der Waals surface area contributed by atoms with Gasteiger partial charge in [0, 0.05) is 11.8 Å². The van der Waals surface area contributed by atoms with Gasteiger partial charge in [-0.2, -0.15) is 0 Å². The molecule has 3 rings (SSSR count). The molecule has 0 radical (unpaired) electrons. The van der Waals surface area contributed by atoms with Crippen LogP contribution in [0.25, 0.3) is 16.6 Å². The zero-order valence-corrected chi connectivity index (χ0v) is 15.2. The van der Waals surface area contributed by atoms with Gasteiger partial charge < -0.3 is 9.72 Å². The molecule has 0 unspecified atom stereocenters. The summed E-state index contributed by atoms with van der Waals surface area (Å²) in [6.07, 6.45) is 5.12. The lowest BCUT2D eigenvalue weighted by molar-refractivity contribution is -0.125. The highest BCUT2D eigenvalue weighted by atomic mass is 16.5. The summed E-state index contributed by atoms with van der Waals surface area (Å²) in [5.41, 5.74) is 2.10. The first-order chi connectivity index (χ1) is 12.1. The Balaban J connectivity index is 0.000000567. The van der Waals surface area contributed by atoms with Crippen molar-refractivity contribution in [3.63, 3.8) is 0 Å². The van der Waals surface area contributed by atoms with Crippen LogP contribution in [0.15, 0.2) is 44.2 Å². The molecule has 1 amide bonds. The molecule has 0 aromatic carbocycles. The van der Waals surface area contributed by atoms with E-state index in [-0.39, 0.29) is 12.5 Å². The van der Waals surface area contributed by atoms with E-state index in [1.54, 1.807) is 23.2 Å². The zero-order valence-electron chi connectivity index (χ0n) is 15.2. The second kappa shape index (κ2) is 10.2. The maximum atomic E-state index is 12.0. The fraction of sp³-hybridized carbons (Fsp3) is 0.316. The van der Waals surface area contributed by atoms with Gasteiger partial charge >= 0.3 is 0 Å². The monoisotopic (exact) mass is 342 g/mol. The lowest BCUT2D eigenvalue weighted by atomic mass is 10.2. The van der Waals surface area contributed by atoms with Crippen molar-refractivity contribution in [3.05, 3.63) is 50.0 Å². The quantitative estimate of drug-likeness (QED) is 0.681. The number of aromatic amines is 1. The fourth-order valence-electron chi connectivity index (χ4n) is 2.10. The van der Waals surface area contributed by atoms with Crippen molar-refractivity contribution in [2.75, 3.05) is 24.7 Å². The molecule has 25 heavy (non-hydrogen) atoms. The number of hydrogen-bond donors (Lipinski definition) is 1. The van der Waals surface area contributed by atoms with Crippen molar-refractivity contribution < 1.29 is 9.53 Å². The molecular formula is C19H26N4O2. The predicted octanol–water partition coefficient (Wildman–Crippen LogP) is 3.74. The van der Waals surface area contributed by atoms with E-state index in [4.69, 9.17) is 4.74 Å². The number of rotatable bonds is 3. The van der Waals surface area contributed by atoms with Crippen molar-refractivity contribution in [1.82, 2.24) is 15.0 Å². The Labute approximate surface area is 148 Å². The number of fused-ring (bicyclic) bond motifs is 1. The van der Waals surface area contributed by atoms with E-state index in [1.165, 1.54) is 0 Å². The smallest absolute Gasteiger partial charge is 0.254 e. The Morgan fingerprint density at radius 2 is 2.04 bits per heavy atom. The van der Waals surface area contributed by atoms with Crippen LogP contribution in [0.4, 0.5) is 5.82 Å². The van der Waals surface area contributed by atoms with E-state index in [2.05, 4.69) is 34.7 Å². The lowest BCUT2D eigenvalue weighted by Crippen LogP contribution is -2.42. The summed E-state index contributed by atoms with van der Waals surface area (Å²) >= 11 is 0. The third kappa shape index (κ3) is 4.87. The van der Waals surface area contributed by atoms with Crippen molar-refractivity contribution in [3.8, 4) is 0 Å². The van der Waals surface area contributed by atoms with E-state index in [1.807, 2.05) is 26.8 Å². The molecule has 1 saturated heterocycles. The molecule has 2 aromatic heterocycles. The lowest BCUT2D eigenvalue weighted by Gasteiger charge is -2.26. The van der Waals surface area contributed by atoms with Gasteiger partial charge in [0.15, 0.2) is 11.6 Å². The Morgan fingerprint density at radius 3 is 2.64 bits per heavy atom. The Bertz CT molecular complexity index is 749. The van der Waals surface area contributed by atoms with Gasteiger partial charge in [-0.1, -0.05) is 39.2 Å². The van der Waals surface area contributed by atoms with Crippen LogP contribution in [-0.4, -0.2) is 40.6 Å². The predicted molar refractivity (Wildman–Crippen MR) is 104 cm³/mol. The highest BCUT2D eigenvalue weighted by Crippen LogP contribution is 2.25. The molecule has 0 bridgehead atoms. The number of aromatic nitrogens is 3. The Kier molecular flexibility index (Phi) is 8.29. The average molecular weight is 342 g/mol. The molecular weight excluding hydrogens is 316 g/mol. The van der Waals surface area contributed by atoms with Crippen molar-refractivity contribution in [1.29, 1.82) is 0 Å². The van der Waals surface area contributed by atoms with E-state index in [0.717, 1.165) is 11.0 Å². The average Bonchev–Trinajstić information content (AvgIpc) is 3.12. The SMILES string of the molecule is C=CC.C=CC(=C)c1nc(N2CCOCC2=O)c2[nH]ccc2n1.CC. The molecule has 0 aliphatic carbocycles. The molecule has 2 aromatic rings. The first kappa shape index (κ1) is 20.3. The summed E-state index contributed by atoms with van der Waals surface area (Å²) in [7, 11) is 0. The molecule has 0 spiro atoms. The minimum absolute atomic E-state index is 0.0734. The topological polar surface area (TPSA) is 71.1 Å². The summed E-state index contributed by atoms with van der Waals surface area (Å²) in [5.74, 6) is 0.925. The van der Waals surface area contributed by atoms with E-state index in [9.17, 15) is 4.79 Å². The first-order valence-corrected chi connectivity index (χ1v) is 8.24. The first-order valence-electron chi connectivity index (χ1n) is 8.24. The fourth-order valence-corrected chi connectivity index (χ4v) is 2.10. The third-order valence-electron chi connectivity index (χ3n) is 3.16. The number of morpholine rings is 1. The van der Waals surface area contributed by atoms with E-state index in [0.29, 0.717) is 30.4 Å². The number of carbonyl (C=O) groups is 1. The molecule has 3 heterocycles. The van der Waals surface area contributed by atoms with Gasteiger partial charge in [-0.25, -0.2) is 9.97 Å². The largest absolute Gasteiger partial charge is 0.370 e. The minimum Gasteiger partial charge on any atom is -0.370 e. The molecule has 0 saturated carbocycles. The number of ether oxygens (including phenoxy) is 1. The van der Waals surface area contributed by atoms with Gasteiger partial charge in [-0.05, 0) is 13.0 Å². The van der Waals surface area contributed by atoms with Gasteiger partial charge in [-0.15, -0.1) is 6.58 Å². The molecule has 1 aliphatic rings. The van der Waals surface area contributed by atoms with Gasteiger partial charge in [0.05, 0.1) is 18.7 Å². The molecule has 6 heteroatoms. The van der Waals surface area contributed by atoms with Crippen molar-refractivity contribution in [2.45, 2.75) is 20.8 Å². The number of nitrogens with one attached hydrogen (secondary N) is 1. The van der Waals surface area contributed by atoms with Gasteiger partial charge in [0.25, 0.3) is 5.91 Å². The van der Waals surface area contributed by atoms with Crippen LogP contribution >= 0.6 is 0 Å². The number of carbonyl (C=O) groups excluding carboxylic acids is 1.